The van der Waals surface area contributed by atoms with E-state index >= 15 is 0 Å². The van der Waals surface area contributed by atoms with Crippen molar-refractivity contribution >= 4 is 22.9 Å². The van der Waals surface area contributed by atoms with Crippen LogP contribution in [-0.2, 0) is 11.3 Å². The third-order valence-corrected chi connectivity index (χ3v) is 5.01. The molecule has 0 radical (unpaired) electrons. The van der Waals surface area contributed by atoms with Gasteiger partial charge >= 0.3 is 0 Å². The van der Waals surface area contributed by atoms with Crippen molar-refractivity contribution in [3.05, 3.63) is 47.1 Å². The van der Waals surface area contributed by atoms with Crippen LogP contribution in [0.5, 0.6) is 0 Å². The number of benzene rings is 1. The van der Waals surface area contributed by atoms with E-state index in [2.05, 4.69) is 42.1 Å². The summed E-state index contributed by atoms with van der Waals surface area (Å²) in [7, 11) is 0. The van der Waals surface area contributed by atoms with Crippen molar-refractivity contribution in [2.45, 2.75) is 34.2 Å². The highest BCUT2D eigenvalue weighted by molar-refractivity contribution is 7.13. The first-order valence-electron chi connectivity index (χ1n) is 8.00. The molecule has 3 rings (SSSR count). The van der Waals surface area contributed by atoms with E-state index < -0.39 is 0 Å². The summed E-state index contributed by atoms with van der Waals surface area (Å²) < 4.78 is 2.30. The van der Waals surface area contributed by atoms with Crippen molar-refractivity contribution in [3.63, 3.8) is 0 Å². The van der Waals surface area contributed by atoms with Gasteiger partial charge in [-0.3, -0.25) is 4.79 Å². The van der Waals surface area contributed by atoms with Crippen molar-refractivity contribution in [1.29, 1.82) is 0 Å². The van der Waals surface area contributed by atoms with E-state index in [0.29, 0.717) is 0 Å². The summed E-state index contributed by atoms with van der Waals surface area (Å²) in [6, 6.07) is 9.99. The molecule has 124 valence electrons. The van der Waals surface area contributed by atoms with E-state index in [1.165, 1.54) is 23.9 Å². The minimum Gasteiger partial charge on any atom is -0.349 e. The first-order valence-corrected chi connectivity index (χ1v) is 8.88. The molecule has 0 unspecified atom stereocenters. The van der Waals surface area contributed by atoms with Crippen LogP contribution in [0.15, 0.2) is 35.7 Å². The van der Waals surface area contributed by atoms with Crippen LogP contribution in [0, 0.1) is 13.8 Å². The fraction of sp³-hybridized carbons (Fsp3) is 0.263. The van der Waals surface area contributed by atoms with Crippen LogP contribution in [0.25, 0.3) is 21.8 Å². The Labute approximate surface area is 146 Å². The Balaban J connectivity index is 1.89. The van der Waals surface area contributed by atoms with Gasteiger partial charge in [0.1, 0.15) is 5.01 Å². The van der Waals surface area contributed by atoms with Crippen molar-refractivity contribution in [2.24, 2.45) is 0 Å². The SMILES string of the molecule is CCn1c(C)cc(-c2csc(-c3ccc(NC(C)=O)cc3)n2)c1C. The summed E-state index contributed by atoms with van der Waals surface area (Å²) in [6.45, 7) is 8.92. The first-order chi connectivity index (χ1) is 11.5. The van der Waals surface area contributed by atoms with E-state index in [0.717, 1.165) is 28.5 Å². The third kappa shape index (κ3) is 3.12. The second kappa shape index (κ2) is 6.61. The highest BCUT2D eigenvalue weighted by atomic mass is 32.1. The Bertz CT molecular complexity index is 875. The number of anilines is 1. The number of rotatable bonds is 4. The maximum atomic E-state index is 11.1. The quantitative estimate of drug-likeness (QED) is 0.737. The van der Waals surface area contributed by atoms with Crippen molar-refractivity contribution in [3.8, 4) is 21.8 Å². The Morgan fingerprint density at radius 1 is 1.25 bits per heavy atom. The average Bonchev–Trinajstić information content (AvgIpc) is 3.12. The van der Waals surface area contributed by atoms with Gasteiger partial charge in [0, 0.05) is 47.1 Å². The normalized spacial score (nSPS) is 10.8. The van der Waals surface area contributed by atoms with E-state index in [1.807, 2.05) is 24.3 Å². The predicted octanol–water partition coefficient (Wildman–Crippen LogP) is 4.87. The van der Waals surface area contributed by atoms with Gasteiger partial charge in [-0.2, -0.15) is 0 Å². The lowest BCUT2D eigenvalue weighted by molar-refractivity contribution is -0.114. The lowest BCUT2D eigenvalue weighted by atomic mass is 10.2. The molecule has 4 nitrogen and oxygen atoms in total. The van der Waals surface area contributed by atoms with E-state index in [4.69, 9.17) is 4.98 Å². The van der Waals surface area contributed by atoms with Gasteiger partial charge in [0.2, 0.25) is 5.91 Å². The monoisotopic (exact) mass is 339 g/mol. The smallest absolute Gasteiger partial charge is 0.221 e. The van der Waals surface area contributed by atoms with Crippen LogP contribution in [0.4, 0.5) is 5.69 Å². The van der Waals surface area contributed by atoms with Gasteiger partial charge in [-0.1, -0.05) is 0 Å². The largest absolute Gasteiger partial charge is 0.349 e. The number of carbonyl (C=O) groups excluding carboxylic acids is 1. The zero-order chi connectivity index (χ0) is 17.3. The Kier molecular flexibility index (Phi) is 4.53. The highest BCUT2D eigenvalue weighted by Crippen LogP contribution is 2.32. The number of aromatic nitrogens is 2. The molecular formula is C19H21N3OS. The second-order valence-electron chi connectivity index (χ2n) is 5.83. The zero-order valence-corrected chi connectivity index (χ0v) is 15.2. The number of amides is 1. The molecule has 0 bridgehead atoms. The van der Waals surface area contributed by atoms with Gasteiger partial charge in [0.05, 0.1) is 5.69 Å². The number of thiazole rings is 1. The molecule has 24 heavy (non-hydrogen) atoms. The summed E-state index contributed by atoms with van der Waals surface area (Å²) in [5.41, 5.74) is 6.60. The van der Waals surface area contributed by atoms with E-state index in [1.54, 1.807) is 11.3 Å². The molecule has 0 aliphatic rings. The molecule has 2 heterocycles. The van der Waals surface area contributed by atoms with Crippen molar-refractivity contribution in [1.82, 2.24) is 9.55 Å². The number of nitrogens with zero attached hydrogens (tertiary/aromatic N) is 2. The minimum absolute atomic E-state index is 0.0643. The van der Waals surface area contributed by atoms with Crippen LogP contribution in [0.3, 0.4) is 0 Å². The molecule has 5 heteroatoms. The summed E-state index contributed by atoms with van der Waals surface area (Å²) >= 11 is 1.64. The third-order valence-electron chi connectivity index (χ3n) is 4.12. The van der Waals surface area contributed by atoms with Crippen LogP contribution in [-0.4, -0.2) is 15.5 Å². The predicted molar refractivity (Wildman–Crippen MR) is 100 cm³/mol. The molecule has 1 amide bonds. The van der Waals surface area contributed by atoms with Gasteiger partial charge in [-0.25, -0.2) is 4.98 Å². The van der Waals surface area contributed by atoms with Gasteiger partial charge in [0.15, 0.2) is 0 Å². The summed E-state index contributed by atoms with van der Waals surface area (Å²) in [6.07, 6.45) is 0. The highest BCUT2D eigenvalue weighted by Gasteiger charge is 2.13. The van der Waals surface area contributed by atoms with E-state index in [-0.39, 0.29) is 5.91 Å². The molecule has 1 N–H and O–H groups in total. The average molecular weight is 339 g/mol. The van der Waals surface area contributed by atoms with Gasteiger partial charge in [0.25, 0.3) is 0 Å². The summed E-state index contributed by atoms with van der Waals surface area (Å²) in [5.74, 6) is -0.0643. The van der Waals surface area contributed by atoms with Gasteiger partial charge in [-0.05, 0) is 51.1 Å². The van der Waals surface area contributed by atoms with Gasteiger partial charge in [-0.15, -0.1) is 11.3 Å². The molecular weight excluding hydrogens is 318 g/mol. The molecule has 0 aliphatic carbocycles. The number of aryl methyl sites for hydroxylation is 1. The fourth-order valence-electron chi connectivity index (χ4n) is 2.98. The van der Waals surface area contributed by atoms with Crippen molar-refractivity contribution < 1.29 is 4.79 Å². The lowest BCUT2D eigenvalue weighted by Crippen LogP contribution is -2.05. The molecule has 1 aromatic carbocycles. The maximum Gasteiger partial charge on any atom is 0.221 e. The number of carbonyl (C=O) groups is 1. The fourth-order valence-corrected chi connectivity index (χ4v) is 3.80. The number of hydrogen-bond acceptors (Lipinski definition) is 3. The van der Waals surface area contributed by atoms with Crippen LogP contribution >= 0.6 is 11.3 Å². The topological polar surface area (TPSA) is 46.9 Å². The first kappa shape index (κ1) is 16.5. The molecule has 0 atom stereocenters. The molecule has 0 spiro atoms. The van der Waals surface area contributed by atoms with Crippen LogP contribution < -0.4 is 5.32 Å². The van der Waals surface area contributed by atoms with Crippen LogP contribution in [0.2, 0.25) is 0 Å². The van der Waals surface area contributed by atoms with Crippen molar-refractivity contribution in [2.75, 3.05) is 5.32 Å². The molecule has 0 fully saturated rings. The maximum absolute atomic E-state index is 11.1. The standard InChI is InChI=1S/C19H21N3OS/c1-5-22-12(2)10-17(13(22)3)18-11-24-19(21-18)15-6-8-16(9-7-15)20-14(4)23/h6-11H,5H2,1-4H3,(H,20,23). The molecule has 2 aromatic heterocycles. The Morgan fingerprint density at radius 3 is 2.54 bits per heavy atom. The Morgan fingerprint density at radius 2 is 1.96 bits per heavy atom. The molecule has 0 saturated carbocycles. The minimum atomic E-state index is -0.0643. The molecule has 3 aromatic rings. The lowest BCUT2D eigenvalue weighted by Gasteiger charge is -2.05. The molecule has 0 saturated heterocycles. The summed E-state index contributed by atoms with van der Waals surface area (Å²) in [5, 5.41) is 5.88. The van der Waals surface area contributed by atoms with Crippen LogP contribution in [0.1, 0.15) is 25.2 Å². The summed E-state index contributed by atoms with van der Waals surface area (Å²) in [4.78, 5) is 15.9. The number of nitrogens with one attached hydrogen (secondary N) is 1. The molecule has 0 aliphatic heterocycles. The van der Waals surface area contributed by atoms with E-state index in [9.17, 15) is 4.79 Å². The van der Waals surface area contributed by atoms with Gasteiger partial charge < -0.3 is 9.88 Å². The second-order valence-corrected chi connectivity index (χ2v) is 6.68. The number of hydrogen-bond donors (Lipinski definition) is 1. The zero-order valence-electron chi connectivity index (χ0n) is 14.4. The Hall–Kier alpha value is -2.40.